The van der Waals surface area contributed by atoms with Crippen LogP contribution in [0.1, 0.15) is 41.6 Å². The van der Waals surface area contributed by atoms with Gasteiger partial charge in [0, 0.05) is 21.8 Å². The molecule has 1 saturated heterocycles. The van der Waals surface area contributed by atoms with Gasteiger partial charge in [-0.2, -0.15) is 0 Å². The van der Waals surface area contributed by atoms with E-state index in [1.807, 2.05) is 11.3 Å². The predicted octanol–water partition coefficient (Wildman–Crippen LogP) is 3.01. The molecule has 2 heterocycles. The van der Waals surface area contributed by atoms with Gasteiger partial charge < -0.3 is 10.6 Å². The molecule has 1 aliphatic heterocycles. The van der Waals surface area contributed by atoms with E-state index in [1.165, 1.54) is 21.7 Å². The number of hydrogen-bond donors (Lipinski definition) is 2. The standard InChI is InChI=1S/C14H24N2S/c1-9-8-15-6-5-14(9)16-11(3)13-7-10(2)17-12(13)4/h7,9,11,14-16H,5-6,8H2,1-4H3. The summed E-state index contributed by atoms with van der Waals surface area (Å²) in [6, 6.07) is 3.47. The van der Waals surface area contributed by atoms with Crippen LogP contribution in [0.2, 0.25) is 0 Å². The average molecular weight is 252 g/mol. The monoisotopic (exact) mass is 252 g/mol. The fourth-order valence-electron chi connectivity index (χ4n) is 2.75. The van der Waals surface area contributed by atoms with Crippen molar-refractivity contribution >= 4 is 11.3 Å². The highest BCUT2D eigenvalue weighted by molar-refractivity contribution is 7.12. The van der Waals surface area contributed by atoms with Gasteiger partial charge in [0.25, 0.3) is 0 Å². The first-order chi connectivity index (χ1) is 8.08. The molecule has 1 aromatic heterocycles. The van der Waals surface area contributed by atoms with E-state index < -0.39 is 0 Å². The molecular weight excluding hydrogens is 228 g/mol. The SMILES string of the molecule is Cc1cc(C(C)NC2CCNCC2C)c(C)s1. The van der Waals surface area contributed by atoms with E-state index in [-0.39, 0.29) is 0 Å². The molecule has 17 heavy (non-hydrogen) atoms. The van der Waals surface area contributed by atoms with Crippen LogP contribution in [0.15, 0.2) is 6.07 Å². The highest BCUT2D eigenvalue weighted by Gasteiger charge is 2.23. The Morgan fingerprint density at radius 3 is 2.82 bits per heavy atom. The van der Waals surface area contributed by atoms with E-state index >= 15 is 0 Å². The maximum Gasteiger partial charge on any atom is 0.0305 e. The lowest BCUT2D eigenvalue weighted by Crippen LogP contribution is -2.47. The molecule has 96 valence electrons. The topological polar surface area (TPSA) is 24.1 Å². The summed E-state index contributed by atoms with van der Waals surface area (Å²) < 4.78 is 0. The van der Waals surface area contributed by atoms with Gasteiger partial charge in [-0.05, 0) is 57.8 Å². The first kappa shape index (κ1) is 13.1. The molecule has 1 fully saturated rings. The van der Waals surface area contributed by atoms with E-state index in [1.54, 1.807) is 0 Å². The Labute approximate surface area is 109 Å². The second-order valence-corrected chi connectivity index (χ2v) is 6.79. The second kappa shape index (κ2) is 5.51. The van der Waals surface area contributed by atoms with E-state index in [4.69, 9.17) is 0 Å². The highest BCUT2D eigenvalue weighted by atomic mass is 32.1. The molecular formula is C14H24N2S. The number of hydrogen-bond acceptors (Lipinski definition) is 3. The summed E-state index contributed by atoms with van der Waals surface area (Å²) in [5.41, 5.74) is 1.48. The van der Waals surface area contributed by atoms with E-state index in [0.29, 0.717) is 12.1 Å². The maximum absolute atomic E-state index is 3.81. The normalized spacial score (nSPS) is 27.1. The Bertz CT molecular complexity index is 372. The van der Waals surface area contributed by atoms with Crippen molar-refractivity contribution in [1.82, 2.24) is 10.6 Å². The summed E-state index contributed by atoms with van der Waals surface area (Å²) in [5, 5.41) is 7.26. The smallest absolute Gasteiger partial charge is 0.0305 e. The quantitative estimate of drug-likeness (QED) is 0.864. The Balaban J connectivity index is 2.00. The minimum atomic E-state index is 0.477. The van der Waals surface area contributed by atoms with Crippen LogP contribution in [0.4, 0.5) is 0 Å². The number of rotatable bonds is 3. The van der Waals surface area contributed by atoms with Crippen LogP contribution in [0, 0.1) is 19.8 Å². The van der Waals surface area contributed by atoms with Gasteiger partial charge in [-0.25, -0.2) is 0 Å². The van der Waals surface area contributed by atoms with Gasteiger partial charge in [0.15, 0.2) is 0 Å². The minimum Gasteiger partial charge on any atom is -0.316 e. The van der Waals surface area contributed by atoms with Crippen molar-refractivity contribution in [2.24, 2.45) is 5.92 Å². The molecule has 2 nitrogen and oxygen atoms in total. The van der Waals surface area contributed by atoms with Gasteiger partial charge in [0.05, 0.1) is 0 Å². The van der Waals surface area contributed by atoms with Gasteiger partial charge in [0.2, 0.25) is 0 Å². The van der Waals surface area contributed by atoms with Crippen molar-refractivity contribution in [1.29, 1.82) is 0 Å². The molecule has 3 atom stereocenters. The van der Waals surface area contributed by atoms with Gasteiger partial charge in [-0.3, -0.25) is 0 Å². The Hall–Kier alpha value is -0.380. The molecule has 0 saturated carbocycles. The summed E-state index contributed by atoms with van der Waals surface area (Å²) in [6.45, 7) is 11.4. The largest absolute Gasteiger partial charge is 0.316 e. The van der Waals surface area contributed by atoms with Crippen molar-refractivity contribution in [2.75, 3.05) is 13.1 Å². The number of thiophene rings is 1. The summed E-state index contributed by atoms with van der Waals surface area (Å²) >= 11 is 1.91. The second-order valence-electron chi connectivity index (χ2n) is 5.33. The van der Waals surface area contributed by atoms with Gasteiger partial charge in [-0.15, -0.1) is 11.3 Å². The third-order valence-corrected chi connectivity index (χ3v) is 4.78. The molecule has 0 bridgehead atoms. The first-order valence-electron chi connectivity index (χ1n) is 6.61. The lowest BCUT2D eigenvalue weighted by molar-refractivity contribution is 0.278. The van der Waals surface area contributed by atoms with Crippen LogP contribution < -0.4 is 10.6 Å². The third kappa shape index (κ3) is 3.09. The summed E-state index contributed by atoms with van der Waals surface area (Å²) in [6.07, 6.45) is 1.24. The number of aryl methyl sites for hydroxylation is 2. The van der Waals surface area contributed by atoms with E-state index in [0.717, 1.165) is 19.0 Å². The van der Waals surface area contributed by atoms with Crippen LogP contribution >= 0.6 is 11.3 Å². The van der Waals surface area contributed by atoms with Crippen molar-refractivity contribution in [3.63, 3.8) is 0 Å². The first-order valence-corrected chi connectivity index (χ1v) is 7.43. The Morgan fingerprint density at radius 2 is 2.24 bits per heavy atom. The van der Waals surface area contributed by atoms with Gasteiger partial charge >= 0.3 is 0 Å². The molecule has 1 aliphatic rings. The van der Waals surface area contributed by atoms with Crippen molar-refractivity contribution in [3.05, 3.63) is 21.4 Å². The number of nitrogens with one attached hydrogen (secondary N) is 2. The van der Waals surface area contributed by atoms with Crippen LogP contribution in [0.3, 0.4) is 0 Å². The van der Waals surface area contributed by atoms with Crippen molar-refractivity contribution < 1.29 is 0 Å². The van der Waals surface area contributed by atoms with Crippen molar-refractivity contribution in [3.8, 4) is 0 Å². The molecule has 0 amide bonds. The predicted molar refractivity (Wildman–Crippen MR) is 75.8 cm³/mol. The van der Waals surface area contributed by atoms with Crippen LogP contribution in [0.5, 0.6) is 0 Å². The molecule has 2 rings (SSSR count). The summed E-state index contributed by atoms with van der Waals surface area (Å²) in [4.78, 5) is 2.88. The maximum atomic E-state index is 3.81. The zero-order valence-electron chi connectivity index (χ0n) is 11.3. The van der Waals surface area contributed by atoms with Gasteiger partial charge in [0.1, 0.15) is 0 Å². The molecule has 0 spiro atoms. The van der Waals surface area contributed by atoms with Gasteiger partial charge in [-0.1, -0.05) is 6.92 Å². The van der Waals surface area contributed by atoms with E-state index in [9.17, 15) is 0 Å². The average Bonchev–Trinajstić information content (AvgIpc) is 2.61. The fraction of sp³-hybridized carbons (Fsp3) is 0.714. The lowest BCUT2D eigenvalue weighted by atomic mass is 9.94. The van der Waals surface area contributed by atoms with Crippen LogP contribution in [-0.4, -0.2) is 19.1 Å². The summed E-state index contributed by atoms with van der Waals surface area (Å²) in [5.74, 6) is 0.728. The molecule has 0 radical (unpaired) electrons. The van der Waals surface area contributed by atoms with Crippen molar-refractivity contribution in [2.45, 2.75) is 46.2 Å². The lowest BCUT2D eigenvalue weighted by Gasteiger charge is -2.32. The minimum absolute atomic E-state index is 0.477. The zero-order chi connectivity index (χ0) is 12.4. The Morgan fingerprint density at radius 1 is 1.47 bits per heavy atom. The molecule has 3 unspecified atom stereocenters. The fourth-order valence-corrected chi connectivity index (χ4v) is 3.78. The van der Waals surface area contributed by atoms with Crippen LogP contribution in [0.25, 0.3) is 0 Å². The highest BCUT2D eigenvalue weighted by Crippen LogP contribution is 2.27. The summed E-state index contributed by atoms with van der Waals surface area (Å²) in [7, 11) is 0. The molecule has 3 heteroatoms. The molecule has 0 aliphatic carbocycles. The molecule has 0 aromatic carbocycles. The Kier molecular flexibility index (Phi) is 4.23. The zero-order valence-corrected chi connectivity index (χ0v) is 12.2. The molecule has 2 N–H and O–H groups in total. The van der Waals surface area contributed by atoms with E-state index in [2.05, 4.69) is 44.4 Å². The van der Waals surface area contributed by atoms with Crippen LogP contribution in [-0.2, 0) is 0 Å². The number of piperidine rings is 1. The molecule has 1 aromatic rings. The third-order valence-electron chi connectivity index (χ3n) is 3.80.